The van der Waals surface area contributed by atoms with Gasteiger partial charge in [-0.05, 0) is 62.2 Å². The van der Waals surface area contributed by atoms with Crippen molar-refractivity contribution in [3.63, 3.8) is 0 Å². The van der Waals surface area contributed by atoms with E-state index in [4.69, 9.17) is 16.3 Å². The number of likely N-dealkylation sites (tertiary alicyclic amines) is 1. The Kier molecular flexibility index (Phi) is 8.03. The normalized spacial score (nSPS) is 15.4. The first-order chi connectivity index (χ1) is 15.2. The number of hydrogen-bond donors (Lipinski definition) is 1. The molecule has 0 saturated carbocycles. The van der Waals surface area contributed by atoms with Gasteiger partial charge in [-0.1, -0.05) is 35.9 Å². The van der Waals surface area contributed by atoms with Crippen molar-refractivity contribution in [1.82, 2.24) is 10.2 Å². The highest BCUT2D eigenvalue weighted by Crippen LogP contribution is 2.31. The Morgan fingerprint density at radius 3 is 2.50 bits per heavy atom. The lowest BCUT2D eigenvalue weighted by atomic mass is 10.1. The van der Waals surface area contributed by atoms with E-state index in [9.17, 15) is 13.2 Å². The Hall–Kier alpha value is -2.29. The van der Waals surface area contributed by atoms with Crippen molar-refractivity contribution in [2.24, 2.45) is 0 Å². The van der Waals surface area contributed by atoms with Gasteiger partial charge >= 0.3 is 0 Å². The summed E-state index contributed by atoms with van der Waals surface area (Å²) in [4.78, 5) is 15.3. The fourth-order valence-electron chi connectivity index (χ4n) is 3.97. The van der Waals surface area contributed by atoms with E-state index in [0.29, 0.717) is 18.0 Å². The van der Waals surface area contributed by atoms with E-state index < -0.39 is 22.0 Å². The van der Waals surface area contributed by atoms with Crippen LogP contribution in [0.2, 0.25) is 5.02 Å². The van der Waals surface area contributed by atoms with E-state index in [1.807, 2.05) is 12.1 Å². The minimum Gasteiger partial charge on any atom is -0.495 e. The van der Waals surface area contributed by atoms with Crippen LogP contribution in [0.15, 0.2) is 42.5 Å². The maximum Gasteiger partial charge on any atom is 0.243 e. The second-order valence-electron chi connectivity index (χ2n) is 8.07. The highest BCUT2D eigenvalue weighted by Gasteiger charge is 2.29. The van der Waals surface area contributed by atoms with E-state index in [2.05, 4.69) is 22.3 Å². The molecule has 0 aromatic heterocycles. The highest BCUT2D eigenvalue weighted by molar-refractivity contribution is 7.92. The average Bonchev–Trinajstić information content (AvgIpc) is 3.24. The Morgan fingerprint density at radius 1 is 1.19 bits per heavy atom. The van der Waals surface area contributed by atoms with Gasteiger partial charge in [0.2, 0.25) is 15.9 Å². The minimum atomic E-state index is -3.73. The van der Waals surface area contributed by atoms with E-state index in [1.165, 1.54) is 31.6 Å². The van der Waals surface area contributed by atoms with Crippen LogP contribution in [-0.2, 0) is 27.9 Å². The number of carbonyl (C=O) groups excluding carboxylic acids is 1. The number of sulfonamides is 1. The third-order valence-electron chi connectivity index (χ3n) is 5.54. The van der Waals surface area contributed by atoms with Crippen molar-refractivity contribution in [2.75, 3.05) is 30.8 Å². The number of methoxy groups -OCH3 is 1. The molecule has 174 valence electrons. The van der Waals surface area contributed by atoms with Gasteiger partial charge in [-0.15, -0.1) is 0 Å². The quantitative estimate of drug-likeness (QED) is 0.596. The first-order valence-corrected chi connectivity index (χ1v) is 12.8. The zero-order valence-electron chi connectivity index (χ0n) is 18.7. The molecule has 32 heavy (non-hydrogen) atoms. The maximum atomic E-state index is 12.9. The molecule has 1 unspecified atom stereocenters. The number of anilines is 1. The smallest absolute Gasteiger partial charge is 0.243 e. The number of hydrogen-bond acceptors (Lipinski definition) is 5. The van der Waals surface area contributed by atoms with Gasteiger partial charge in [0.05, 0.1) is 24.1 Å². The van der Waals surface area contributed by atoms with Gasteiger partial charge < -0.3 is 10.1 Å². The molecule has 1 aliphatic heterocycles. The first kappa shape index (κ1) is 24.4. The summed E-state index contributed by atoms with van der Waals surface area (Å²) in [5.41, 5.74) is 2.48. The average molecular weight is 480 g/mol. The van der Waals surface area contributed by atoms with Crippen molar-refractivity contribution in [2.45, 2.75) is 38.9 Å². The highest BCUT2D eigenvalue weighted by atomic mass is 35.5. The Balaban J connectivity index is 1.69. The van der Waals surface area contributed by atoms with Crippen LogP contribution in [0.1, 0.15) is 30.9 Å². The topological polar surface area (TPSA) is 79.0 Å². The molecule has 1 heterocycles. The summed E-state index contributed by atoms with van der Waals surface area (Å²) in [5.74, 6) is 0.0297. The number of nitrogens with one attached hydrogen (secondary N) is 1. The fourth-order valence-corrected chi connectivity index (χ4v) is 5.39. The van der Waals surface area contributed by atoms with Crippen LogP contribution >= 0.6 is 11.6 Å². The Morgan fingerprint density at radius 2 is 1.88 bits per heavy atom. The molecule has 1 N–H and O–H groups in total. The van der Waals surface area contributed by atoms with Gasteiger partial charge in [0, 0.05) is 13.1 Å². The number of nitrogens with zero attached hydrogens (tertiary/aromatic N) is 2. The van der Waals surface area contributed by atoms with Crippen LogP contribution in [0.25, 0.3) is 0 Å². The summed E-state index contributed by atoms with van der Waals surface area (Å²) in [5, 5.41) is 3.13. The van der Waals surface area contributed by atoms with Crippen LogP contribution in [0, 0.1) is 0 Å². The lowest BCUT2D eigenvalue weighted by molar-refractivity contribution is -0.122. The summed E-state index contributed by atoms with van der Waals surface area (Å²) < 4.78 is 31.2. The summed E-state index contributed by atoms with van der Waals surface area (Å²) >= 11 is 6.17. The molecular weight excluding hydrogens is 450 g/mol. The van der Waals surface area contributed by atoms with Gasteiger partial charge in [-0.3, -0.25) is 14.0 Å². The number of amides is 1. The van der Waals surface area contributed by atoms with Gasteiger partial charge in [-0.2, -0.15) is 0 Å². The molecule has 0 bridgehead atoms. The molecule has 0 aliphatic carbocycles. The van der Waals surface area contributed by atoms with E-state index in [-0.39, 0.29) is 5.02 Å². The molecule has 1 atom stereocenters. The number of carbonyl (C=O) groups is 1. The van der Waals surface area contributed by atoms with Gasteiger partial charge in [0.25, 0.3) is 0 Å². The van der Waals surface area contributed by atoms with Crippen molar-refractivity contribution < 1.29 is 17.9 Å². The third kappa shape index (κ3) is 6.15. The number of benzene rings is 2. The van der Waals surface area contributed by atoms with Crippen LogP contribution in [-0.4, -0.2) is 51.7 Å². The summed E-state index contributed by atoms with van der Waals surface area (Å²) in [6.45, 7) is 5.01. The van der Waals surface area contributed by atoms with E-state index in [0.717, 1.165) is 35.8 Å². The summed E-state index contributed by atoms with van der Waals surface area (Å²) in [6.07, 6.45) is 3.55. The van der Waals surface area contributed by atoms with Crippen molar-refractivity contribution >= 4 is 33.2 Å². The number of rotatable bonds is 9. The predicted octanol–water partition coefficient (Wildman–Crippen LogP) is 3.42. The van der Waals surface area contributed by atoms with Crippen molar-refractivity contribution in [3.8, 4) is 5.75 Å². The number of halogens is 1. The van der Waals surface area contributed by atoms with Crippen LogP contribution < -0.4 is 14.4 Å². The molecular formula is C23H30ClN3O4S. The SMILES string of the molecule is COc1ccc(N(C(C)C(=O)NCc2cccc(CN3CCCC3)c2)S(C)(=O)=O)cc1Cl. The molecule has 1 aliphatic rings. The molecule has 3 rings (SSSR count). The zero-order valence-corrected chi connectivity index (χ0v) is 20.2. The molecule has 9 heteroatoms. The second kappa shape index (κ2) is 10.6. The fraction of sp³-hybridized carbons (Fsp3) is 0.435. The van der Waals surface area contributed by atoms with Crippen LogP contribution in [0.3, 0.4) is 0 Å². The minimum absolute atomic E-state index is 0.265. The molecule has 7 nitrogen and oxygen atoms in total. The molecule has 1 fully saturated rings. The van der Waals surface area contributed by atoms with E-state index >= 15 is 0 Å². The van der Waals surface area contributed by atoms with Crippen molar-refractivity contribution in [3.05, 3.63) is 58.6 Å². The summed E-state index contributed by atoms with van der Waals surface area (Å²) in [7, 11) is -2.26. The molecule has 2 aromatic carbocycles. The van der Waals surface area contributed by atoms with Crippen molar-refractivity contribution in [1.29, 1.82) is 0 Å². The monoisotopic (exact) mass is 479 g/mol. The standard InChI is InChI=1S/C23H30ClN3O4S/c1-17(27(32(3,29)30)20-9-10-22(31-2)21(24)14-20)23(28)25-15-18-7-6-8-19(13-18)16-26-11-4-5-12-26/h6-10,13-14,17H,4-5,11-12,15-16H2,1-3H3,(H,25,28). The van der Waals surface area contributed by atoms with Gasteiger partial charge in [0.15, 0.2) is 0 Å². The van der Waals surface area contributed by atoms with Crippen LogP contribution in [0.5, 0.6) is 5.75 Å². The predicted molar refractivity (Wildman–Crippen MR) is 128 cm³/mol. The largest absolute Gasteiger partial charge is 0.495 e. The zero-order chi connectivity index (χ0) is 23.3. The molecule has 1 saturated heterocycles. The summed E-state index contributed by atoms with van der Waals surface area (Å²) in [6, 6.07) is 11.8. The van der Waals surface area contributed by atoms with Gasteiger partial charge in [0.1, 0.15) is 11.8 Å². The molecule has 0 spiro atoms. The third-order valence-corrected chi connectivity index (χ3v) is 7.08. The van der Waals surface area contributed by atoms with Gasteiger partial charge in [-0.25, -0.2) is 8.42 Å². The Bertz CT molecular complexity index is 1050. The molecule has 0 radical (unpaired) electrons. The first-order valence-electron chi connectivity index (χ1n) is 10.6. The van der Waals surface area contributed by atoms with E-state index in [1.54, 1.807) is 19.1 Å². The lowest BCUT2D eigenvalue weighted by Crippen LogP contribution is -2.47. The lowest BCUT2D eigenvalue weighted by Gasteiger charge is -2.28. The molecule has 2 aromatic rings. The second-order valence-corrected chi connectivity index (χ2v) is 10.3. The maximum absolute atomic E-state index is 12.9. The van der Waals surface area contributed by atoms with Crippen LogP contribution in [0.4, 0.5) is 5.69 Å². The number of ether oxygens (including phenoxy) is 1. The molecule has 1 amide bonds. The Labute approximate surface area is 195 Å².